The number of rotatable bonds is 3. The fourth-order valence-corrected chi connectivity index (χ4v) is 2.46. The standard InChI is InChI=1S/C13H10BrFIN/c14-10-7-9(5-6-11(10)15)8-17-13-4-2-1-3-12(13)16/h1-7,17H,8H2. The third-order valence-electron chi connectivity index (χ3n) is 2.34. The number of halogens is 3. The van der Waals surface area contributed by atoms with E-state index < -0.39 is 0 Å². The Morgan fingerprint density at radius 3 is 2.65 bits per heavy atom. The Hall–Kier alpha value is -0.620. The predicted octanol–water partition coefficient (Wildman–Crippen LogP) is 4.80. The number of hydrogen-bond acceptors (Lipinski definition) is 1. The molecule has 0 saturated carbocycles. The minimum Gasteiger partial charge on any atom is -0.380 e. The van der Waals surface area contributed by atoms with Crippen LogP contribution in [0.5, 0.6) is 0 Å². The van der Waals surface area contributed by atoms with Crippen LogP contribution in [0.2, 0.25) is 0 Å². The smallest absolute Gasteiger partial charge is 0.137 e. The van der Waals surface area contributed by atoms with E-state index in [4.69, 9.17) is 0 Å². The summed E-state index contributed by atoms with van der Waals surface area (Å²) in [5.74, 6) is -0.233. The van der Waals surface area contributed by atoms with Crippen molar-refractivity contribution in [3.63, 3.8) is 0 Å². The molecule has 4 heteroatoms. The first-order valence-corrected chi connectivity index (χ1v) is 6.96. The van der Waals surface area contributed by atoms with Crippen molar-refractivity contribution in [1.82, 2.24) is 0 Å². The van der Waals surface area contributed by atoms with Gasteiger partial charge in [-0.25, -0.2) is 4.39 Å². The van der Waals surface area contributed by atoms with Crippen molar-refractivity contribution in [2.45, 2.75) is 6.54 Å². The van der Waals surface area contributed by atoms with Gasteiger partial charge in [-0.3, -0.25) is 0 Å². The van der Waals surface area contributed by atoms with Gasteiger partial charge in [-0.05, 0) is 68.3 Å². The molecule has 0 heterocycles. The lowest BCUT2D eigenvalue weighted by atomic mass is 10.2. The lowest BCUT2D eigenvalue weighted by Gasteiger charge is -2.08. The first-order valence-electron chi connectivity index (χ1n) is 5.09. The first kappa shape index (κ1) is 12.8. The molecule has 88 valence electrons. The summed E-state index contributed by atoms with van der Waals surface area (Å²) >= 11 is 5.47. The predicted molar refractivity (Wildman–Crippen MR) is 80.6 cm³/mol. The van der Waals surface area contributed by atoms with E-state index >= 15 is 0 Å². The molecule has 0 radical (unpaired) electrons. The van der Waals surface area contributed by atoms with E-state index in [1.54, 1.807) is 12.1 Å². The van der Waals surface area contributed by atoms with Crippen LogP contribution >= 0.6 is 38.5 Å². The summed E-state index contributed by atoms with van der Waals surface area (Å²) in [5, 5.41) is 3.33. The number of anilines is 1. The Morgan fingerprint density at radius 1 is 1.18 bits per heavy atom. The molecule has 0 atom stereocenters. The monoisotopic (exact) mass is 405 g/mol. The number of hydrogen-bond donors (Lipinski definition) is 1. The zero-order chi connectivity index (χ0) is 12.3. The minimum absolute atomic E-state index is 0.233. The number of nitrogens with one attached hydrogen (secondary N) is 1. The van der Waals surface area contributed by atoms with Crippen LogP contribution in [0.25, 0.3) is 0 Å². The summed E-state index contributed by atoms with van der Waals surface area (Å²) in [6.07, 6.45) is 0. The highest BCUT2D eigenvalue weighted by molar-refractivity contribution is 14.1. The van der Waals surface area contributed by atoms with Crippen LogP contribution in [0.4, 0.5) is 10.1 Å². The highest BCUT2D eigenvalue weighted by Gasteiger charge is 2.01. The van der Waals surface area contributed by atoms with Crippen molar-refractivity contribution in [3.05, 3.63) is 61.9 Å². The quantitative estimate of drug-likeness (QED) is 0.723. The fraction of sp³-hybridized carbons (Fsp3) is 0.0769. The van der Waals surface area contributed by atoms with Crippen LogP contribution in [0, 0.1) is 9.39 Å². The van der Waals surface area contributed by atoms with E-state index in [0.29, 0.717) is 11.0 Å². The molecule has 0 aliphatic rings. The maximum absolute atomic E-state index is 13.1. The second-order valence-electron chi connectivity index (χ2n) is 3.58. The number of benzene rings is 2. The van der Waals surface area contributed by atoms with Crippen LogP contribution in [0.1, 0.15) is 5.56 Å². The van der Waals surface area contributed by atoms with E-state index in [9.17, 15) is 4.39 Å². The van der Waals surface area contributed by atoms with E-state index in [1.807, 2.05) is 24.3 Å². The molecular formula is C13H10BrFIN. The Balaban J connectivity index is 2.08. The van der Waals surface area contributed by atoms with Gasteiger partial charge in [0, 0.05) is 15.8 Å². The Morgan fingerprint density at radius 2 is 1.94 bits per heavy atom. The van der Waals surface area contributed by atoms with Gasteiger partial charge in [-0.2, -0.15) is 0 Å². The van der Waals surface area contributed by atoms with E-state index in [-0.39, 0.29) is 5.82 Å². The average Bonchev–Trinajstić information content (AvgIpc) is 2.32. The van der Waals surface area contributed by atoms with Gasteiger partial charge in [0.05, 0.1) is 4.47 Å². The first-order chi connectivity index (χ1) is 8.16. The number of para-hydroxylation sites is 1. The molecule has 0 aliphatic carbocycles. The molecular weight excluding hydrogens is 396 g/mol. The molecule has 2 rings (SSSR count). The molecule has 17 heavy (non-hydrogen) atoms. The van der Waals surface area contributed by atoms with Gasteiger partial charge in [0.2, 0.25) is 0 Å². The van der Waals surface area contributed by atoms with Gasteiger partial charge >= 0.3 is 0 Å². The molecule has 1 nitrogen and oxygen atoms in total. The van der Waals surface area contributed by atoms with Gasteiger partial charge in [0.25, 0.3) is 0 Å². The fourth-order valence-electron chi connectivity index (χ4n) is 1.45. The van der Waals surface area contributed by atoms with Crippen molar-refractivity contribution >= 4 is 44.2 Å². The summed E-state index contributed by atoms with van der Waals surface area (Å²) in [4.78, 5) is 0. The lowest BCUT2D eigenvalue weighted by Crippen LogP contribution is -2.01. The summed E-state index contributed by atoms with van der Waals surface area (Å²) in [6, 6.07) is 13.1. The van der Waals surface area contributed by atoms with E-state index in [0.717, 1.165) is 11.3 Å². The zero-order valence-electron chi connectivity index (χ0n) is 8.88. The Labute approximate surface area is 122 Å². The van der Waals surface area contributed by atoms with Gasteiger partial charge < -0.3 is 5.32 Å². The molecule has 0 fully saturated rings. The van der Waals surface area contributed by atoms with Crippen LogP contribution in [0.15, 0.2) is 46.9 Å². The lowest BCUT2D eigenvalue weighted by molar-refractivity contribution is 0.620. The van der Waals surface area contributed by atoms with Crippen LogP contribution in [-0.4, -0.2) is 0 Å². The second kappa shape index (κ2) is 5.82. The Bertz CT molecular complexity index is 531. The maximum atomic E-state index is 13.1. The second-order valence-corrected chi connectivity index (χ2v) is 5.60. The summed E-state index contributed by atoms with van der Waals surface area (Å²) in [7, 11) is 0. The average molecular weight is 406 g/mol. The normalized spacial score (nSPS) is 10.3. The maximum Gasteiger partial charge on any atom is 0.137 e. The SMILES string of the molecule is Fc1ccc(CNc2ccccc2I)cc1Br. The van der Waals surface area contributed by atoms with E-state index in [1.165, 1.54) is 9.64 Å². The summed E-state index contributed by atoms with van der Waals surface area (Å²) in [5.41, 5.74) is 2.13. The molecule has 2 aromatic rings. The van der Waals surface area contributed by atoms with Crippen molar-refractivity contribution in [3.8, 4) is 0 Å². The largest absolute Gasteiger partial charge is 0.380 e. The molecule has 1 N–H and O–H groups in total. The highest BCUT2D eigenvalue weighted by Crippen LogP contribution is 2.20. The minimum atomic E-state index is -0.233. The van der Waals surface area contributed by atoms with Crippen molar-refractivity contribution < 1.29 is 4.39 Å². The van der Waals surface area contributed by atoms with Crippen LogP contribution in [-0.2, 0) is 6.54 Å². The molecule has 2 aromatic carbocycles. The Kier molecular flexibility index (Phi) is 4.39. The van der Waals surface area contributed by atoms with Gasteiger partial charge in [-0.15, -0.1) is 0 Å². The highest BCUT2D eigenvalue weighted by atomic mass is 127. The van der Waals surface area contributed by atoms with Gasteiger partial charge in [0.1, 0.15) is 5.82 Å². The molecule has 0 saturated heterocycles. The van der Waals surface area contributed by atoms with Gasteiger partial charge in [0.15, 0.2) is 0 Å². The zero-order valence-corrected chi connectivity index (χ0v) is 12.6. The molecule has 0 aliphatic heterocycles. The molecule has 0 spiro atoms. The molecule has 0 unspecified atom stereocenters. The third-order valence-corrected chi connectivity index (χ3v) is 3.89. The molecule has 0 bridgehead atoms. The van der Waals surface area contributed by atoms with Gasteiger partial charge in [-0.1, -0.05) is 18.2 Å². The molecule has 0 aromatic heterocycles. The van der Waals surface area contributed by atoms with Crippen LogP contribution in [0.3, 0.4) is 0 Å². The molecule has 0 amide bonds. The summed E-state index contributed by atoms with van der Waals surface area (Å²) in [6.45, 7) is 0.679. The third kappa shape index (κ3) is 3.42. The van der Waals surface area contributed by atoms with Crippen LogP contribution < -0.4 is 5.32 Å². The van der Waals surface area contributed by atoms with Crippen molar-refractivity contribution in [2.24, 2.45) is 0 Å². The van der Waals surface area contributed by atoms with Crippen molar-refractivity contribution in [2.75, 3.05) is 5.32 Å². The van der Waals surface area contributed by atoms with Crippen molar-refractivity contribution in [1.29, 1.82) is 0 Å². The van der Waals surface area contributed by atoms with E-state index in [2.05, 4.69) is 43.8 Å². The summed E-state index contributed by atoms with van der Waals surface area (Å²) < 4.78 is 14.7. The topological polar surface area (TPSA) is 12.0 Å².